The van der Waals surface area contributed by atoms with Crippen molar-refractivity contribution in [3.8, 4) is 0 Å². The second kappa shape index (κ2) is 6.36. The molecule has 0 unspecified atom stereocenters. The average Bonchev–Trinajstić information content (AvgIpc) is 2.37. The maximum atomic E-state index is 11.9. The summed E-state index contributed by atoms with van der Waals surface area (Å²) in [5.74, 6) is 0. The fraction of sp³-hybridized carbons (Fsp3) is 0.538. The highest BCUT2D eigenvalue weighted by molar-refractivity contribution is 7.89. The van der Waals surface area contributed by atoms with E-state index in [2.05, 4.69) is 23.9 Å². The molecule has 0 saturated heterocycles. The zero-order valence-corrected chi connectivity index (χ0v) is 12.5. The van der Waals surface area contributed by atoms with Crippen LogP contribution in [0.4, 0.5) is 5.69 Å². The highest BCUT2D eigenvalue weighted by atomic mass is 32.2. The lowest BCUT2D eigenvalue weighted by molar-refractivity contribution is 0.365. The summed E-state index contributed by atoms with van der Waals surface area (Å²) < 4.78 is 26.1. The summed E-state index contributed by atoms with van der Waals surface area (Å²) in [5.41, 5.74) is 6.20. The summed E-state index contributed by atoms with van der Waals surface area (Å²) in [7, 11) is -2.04. The number of nitrogens with one attached hydrogen (secondary N) is 2. The van der Waals surface area contributed by atoms with Gasteiger partial charge in [0.15, 0.2) is 0 Å². The number of nitrogens with two attached hydrogens (primary N) is 1. The first-order chi connectivity index (χ1) is 8.82. The summed E-state index contributed by atoms with van der Waals surface area (Å²) in [6.45, 7) is 5.48. The third-order valence-corrected chi connectivity index (χ3v) is 4.50. The summed E-state index contributed by atoms with van der Waals surface area (Å²) >= 11 is 0. The lowest BCUT2D eigenvalue weighted by Gasteiger charge is -2.25. The van der Waals surface area contributed by atoms with Crippen molar-refractivity contribution in [1.82, 2.24) is 4.72 Å². The minimum atomic E-state index is -3.45. The second-order valence-corrected chi connectivity index (χ2v) is 7.12. The molecule has 0 fully saturated rings. The van der Waals surface area contributed by atoms with Gasteiger partial charge in [-0.1, -0.05) is 26.0 Å². The molecule has 0 aromatic heterocycles. The van der Waals surface area contributed by atoms with Crippen LogP contribution in [0.25, 0.3) is 0 Å². The van der Waals surface area contributed by atoms with E-state index in [0.717, 1.165) is 6.42 Å². The van der Waals surface area contributed by atoms with Gasteiger partial charge in [-0.25, -0.2) is 13.1 Å². The molecule has 0 spiro atoms. The molecule has 5 nitrogen and oxygen atoms in total. The van der Waals surface area contributed by atoms with Crippen LogP contribution in [-0.2, 0) is 10.0 Å². The van der Waals surface area contributed by atoms with Gasteiger partial charge in [-0.2, -0.15) is 0 Å². The minimum absolute atomic E-state index is 0.0191. The molecule has 1 rings (SSSR count). The van der Waals surface area contributed by atoms with Gasteiger partial charge in [-0.3, -0.25) is 0 Å². The van der Waals surface area contributed by atoms with Gasteiger partial charge < -0.3 is 11.1 Å². The van der Waals surface area contributed by atoms with E-state index in [0.29, 0.717) is 18.8 Å². The van der Waals surface area contributed by atoms with Gasteiger partial charge in [-0.15, -0.1) is 0 Å². The molecule has 4 N–H and O–H groups in total. The number of para-hydroxylation sites is 1. The Morgan fingerprint density at radius 2 is 1.89 bits per heavy atom. The van der Waals surface area contributed by atoms with Crippen molar-refractivity contribution in [2.45, 2.75) is 25.2 Å². The SMILES string of the molecule is CNS(=O)(=O)c1ccccc1NCC(C)(C)CCN. The summed E-state index contributed by atoms with van der Waals surface area (Å²) in [5, 5.41) is 3.20. The van der Waals surface area contributed by atoms with Crippen molar-refractivity contribution in [3.05, 3.63) is 24.3 Å². The quantitative estimate of drug-likeness (QED) is 0.706. The predicted molar refractivity (Wildman–Crippen MR) is 78.6 cm³/mol. The van der Waals surface area contributed by atoms with Crippen molar-refractivity contribution in [2.75, 3.05) is 25.5 Å². The van der Waals surface area contributed by atoms with Gasteiger partial charge in [-0.05, 0) is 37.6 Å². The lowest BCUT2D eigenvalue weighted by Crippen LogP contribution is -2.27. The van der Waals surface area contributed by atoms with Crippen LogP contribution in [0.5, 0.6) is 0 Å². The smallest absolute Gasteiger partial charge is 0.242 e. The van der Waals surface area contributed by atoms with E-state index in [1.54, 1.807) is 18.2 Å². The maximum Gasteiger partial charge on any atom is 0.242 e. The zero-order valence-electron chi connectivity index (χ0n) is 11.7. The van der Waals surface area contributed by atoms with E-state index in [-0.39, 0.29) is 10.3 Å². The Hall–Kier alpha value is -1.11. The minimum Gasteiger partial charge on any atom is -0.383 e. The Bertz CT molecular complexity index is 512. The van der Waals surface area contributed by atoms with Crippen LogP contribution >= 0.6 is 0 Å². The van der Waals surface area contributed by atoms with E-state index in [9.17, 15) is 8.42 Å². The normalized spacial score (nSPS) is 12.4. The Morgan fingerprint density at radius 1 is 1.26 bits per heavy atom. The van der Waals surface area contributed by atoms with Gasteiger partial charge >= 0.3 is 0 Å². The molecular weight excluding hydrogens is 262 g/mol. The molecular formula is C13H23N3O2S. The van der Waals surface area contributed by atoms with Crippen LogP contribution in [0, 0.1) is 5.41 Å². The molecule has 0 radical (unpaired) electrons. The third-order valence-electron chi connectivity index (χ3n) is 3.02. The molecule has 6 heteroatoms. The van der Waals surface area contributed by atoms with Crippen LogP contribution in [-0.4, -0.2) is 28.6 Å². The van der Waals surface area contributed by atoms with E-state index >= 15 is 0 Å². The number of rotatable bonds is 7. The monoisotopic (exact) mass is 285 g/mol. The molecule has 0 heterocycles. The summed E-state index contributed by atoms with van der Waals surface area (Å²) in [4.78, 5) is 0.265. The largest absolute Gasteiger partial charge is 0.383 e. The van der Waals surface area contributed by atoms with Crippen molar-refractivity contribution in [1.29, 1.82) is 0 Å². The van der Waals surface area contributed by atoms with Gasteiger partial charge in [0.25, 0.3) is 0 Å². The van der Waals surface area contributed by atoms with Crippen LogP contribution in [0.1, 0.15) is 20.3 Å². The average molecular weight is 285 g/mol. The Labute approximate surface area is 115 Å². The van der Waals surface area contributed by atoms with Crippen molar-refractivity contribution in [3.63, 3.8) is 0 Å². The van der Waals surface area contributed by atoms with Gasteiger partial charge in [0.2, 0.25) is 10.0 Å². The van der Waals surface area contributed by atoms with Crippen LogP contribution in [0.2, 0.25) is 0 Å². The molecule has 0 atom stereocenters. The van der Waals surface area contributed by atoms with Crippen molar-refractivity contribution in [2.24, 2.45) is 11.1 Å². The first kappa shape index (κ1) is 15.9. The Morgan fingerprint density at radius 3 is 2.47 bits per heavy atom. The number of hydrogen-bond donors (Lipinski definition) is 3. The molecule has 0 aliphatic heterocycles. The standard InChI is InChI=1S/C13H23N3O2S/c1-13(2,8-9-14)10-16-11-6-4-5-7-12(11)19(17,18)15-3/h4-7,15-16H,8-10,14H2,1-3H3. The number of hydrogen-bond acceptors (Lipinski definition) is 4. The van der Waals surface area contributed by atoms with Crippen LogP contribution in [0.15, 0.2) is 29.2 Å². The van der Waals surface area contributed by atoms with Crippen LogP contribution < -0.4 is 15.8 Å². The third kappa shape index (κ3) is 4.49. The molecule has 1 aromatic carbocycles. The highest BCUT2D eigenvalue weighted by Gasteiger charge is 2.20. The summed E-state index contributed by atoms with van der Waals surface area (Å²) in [6, 6.07) is 6.88. The van der Waals surface area contributed by atoms with E-state index in [1.807, 2.05) is 6.07 Å². The van der Waals surface area contributed by atoms with Crippen molar-refractivity contribution < 1.29 is 8.42 Å². The molecule has 0 aliphatic carbocycles. The number of benzene rings is 1. The predicted octanol–water partition coefficient (Wildman–Crippen LogP) is 1.38. The van der Waals surface area contributed by atoms with Gasteiger partial charge in [0.1, 0.15) is 4.90 Å². The molecule has 0 aliphatic rings. The first-order valence-corrected chi connectivity index (χ1v) is 7.77. The molecule has 1 aromatic rings. The fourth-order valence-corrected chi connectivity index (χ4v) is 2.68. The van der Waals surface area contributed by atoms with Gasteiger partial charge in [0, 0.05) is 6.54 Å². The van der Waals surface area contributed by atoms with E-state index < -0.39 is 10.0 Å². The van der Waals surface area contributed by atoms with Crippen molar-refractivity contribution >= 4 is 15.7 Å². The van der Waals surface area contributed by atoms with Crippen LogP contribution in [0.3, 0.4) is 0 Å². The molecule has 19 heavy (non-hydrogen) atoms. The molecule has 0 saturated carbocycles. The topological polar surface area (TPSA) is 84.2 Å². The Balaban J connectivity index is 2.91. The first-order valence-electron chi connectivity index (χ1n) is 6.29. The molecule has 0 amide bonds. The maximum absolute atomic E-state index is 11.9. The number of anilines is 1. The number of sulfonamides is 1. The van der Waals surface area contributed by atoms with Gasteiger partial charge in [0.05, 0.1) is 5.69 Å². The Kier molecular flexibility index (Phi) is 5.34. The highest BCUT2D eigenvalue weighted by Crippen LogP contribution is 2.24. The zero-order chi connectivity index (χ0) is 14.5. The fourth-order valence-electron chi connectivity index (χ4n) is 1.77. The second-order valence-electron chi connectivity index (χ2n) is 5.26. The summed E-state index contributed by atoms with van der Waals surface area (Å²) in [6.07, 6.45) is 0.876. The van der Waals surface area contributed by atoms with E-state index in [4.69, 9.17) is 5.73 Å². The molecule has 108 valence electrons. The molecule has 0 bridgehead atoms. The lowest BCUT2D eigenvalue weighted by atomic mass is 9.89. The van der Waals surface area contributed by atoms with E-state index in [1.165, 1.54) is 7.05 Å².